The molecule has 41 heavy (non-hydrogen) atoms. The van der Waals surface area contributed by atoms with E-state index in [9.17, 15) is 35.1 Å². The van der Waals surface area contributed by atoms with Crippen LogP contribution in [0.4, 0.5) is 0 Å². The molecule has 5 fully saturated rings. The molecular formula is C32H52O9. The van der Waals surface area contributed by atoms with E-state index in [-0.39, 0.29) is 47.3 Å². The average molecular weight is 581 g/mol. The van der Waals surface area contributed by atoms with Gasteiger partial charge in [0.25, 0.3) is 0 Å². The Bertz CT molecular complexity index is 973. The van der Waals surface area contributed by atoms with E-state index in [0.717, 1.165) is 57.8 Å². The second-order valence-corrected chi connectivity index (χ2v) is 14.8. The van der Waals surface area contributed by atoms with Crippen LogP contribution in [0.3, 0.4) is 0 Å². The van der Waals surface area contributed by atoms with Crippen LogP contribution < -0.4 is 0 Å². The first kappa shape index (κ1) is 31.2. The van der Waals surface area contributed by atoms with E-state index < -0.39 is 36.3 Å². The smallest absolute Gasteiger partial charge is 0.309 e. The molecule has 0 aliphatic heterocycles. The minimum atomic E-state index is -1.56. The predicted molar refractivity (Wildman–Crippen MR) is 149 cm³/mol. The first-order valence-corrected chi connectivity index (χ1v) is 16.0. The van der Waals surface area contributed by atoms with Gasteiger partial charge in [0, 0.05) is 6.42 Å². The second-order valence-electron chi connectivity index (χ2n) is 14.8. The molecule has 0 aromatic heterocycles. The predicted octanol–water partition coefficient (Wildman–Crippen LogP) is 3.15. The summed E-state index contributed by atoms with van der Waals surface area (Å²) < 4.78 is 11.2. The topological polar surface area (TPSA) is 154 Å². The second kappa shape index (κ2) is 11.7. The van der Waals surface area contributed by atoms with Crippen LogP contribution in [0.2, 0.25) is 0 Å². The fourth-order valence-corrected chi connectivity index (χ4v) is 10.8. The van der Waals surface area contributed by atoms with Gasteiger partial charge in [-0.05, 0) is 111 Å². The van der Waals surface area contributed by atoms with E-state index in [1.54, 1.807) is 0 Å². The minimum Gasteiger partial charge on any atom is -0.481 e. The Labute approximate surface area is 244 Å². The summed E-state index contributed by atoms with van der Waals surface area (Å²) in [6.07, 6.45) is 3.16. The number of methoxy groups -OCH3 is 1. The number of carboxylic acid groups (broad SMARTS) is 1. The Morgan fingerprint density at radius 2 is 1.56 bits per heavy atom. The average Bonchev–Trinajstić information content (AvgIpc) is 3.29. The summed E-state index contributed by atoms with van der Waals surface area (Å²) in [6.45, 7) is 7.13. The molecule has 0 bridgehead atoms. The zero-order valence-corrected chi connectivity index (χ0v) is 25.2. The number of carbonyl (C=O) groups is 2. The lowest BCUT2D eigenvalue weighted by molar-refractivity contribution is -0.213. The maximum absolute atomic E-state index is 11.8. The Hall–Kier alpha value is -1.26. The largest absolute Gasteiger partial charge is 0.481 e. The fourth-order valence-electron chi connectivity index (χ4n) is 10.8. The van der Waals surface area contributed by atoms with Crippen LogP contribution in [-0.2, 0) is 19.1 Å². The molecule has 0 aromatic carbocycles. The van der Waals surface area contributed by atoms with Gasteiger partial charge in [-0.15, -0.1) is 0 Å². The number of hydrogen-bond donors (Lipinski definition) is 5. The zero-order chi connectivity index (χ0) is 29.9. The van der Waals surface area contributed by atoms with Gasteiger partial charge in [-0.25, -0.2) is 0 Å². The SMILES string of the molecule is COC(=O)CC[C@@H](C)C1CCC2C3C(CC[C@@]21C)[C@@]1(C)CC[C@@H](O[C@@H]2C[C@@H](C(=O)O)[C@@H](O)[C@@H](O)[C@@H]2O)CC1C[C@H]3O. The van der Waals surface area contributed by atoms with Crippen molar-refractivity contribution in [3.8, 4) is 0 Å². The molecule has 9 nitrogen and oxygen atoms in total. The van der Waals surface area contributed by atoms with Crippen LogP contribution in [0, 0.1) is 52.3 Å². The highest BCUT2D eigenvalue weighted by Gasteiger charge is 2.63. The summed E-state index contributed by atoms with van der Waals surface area (Å²) in [5.41, 5.74) is 0.258. The van der Waals surface area contributed by atoms with Gasteiger partial charge in [-0.2, -0.15) is 0 Å². The molecule has 15 atom stereocenters. The molecule has 0 spiro atoms. The number of fused-ring (bicyclic) bond motifs is 5. The number of carboxylic acids is 1. The molecule has 0 amide bonds. The quantitative estimate of drug-likeness (QED) is 0.286. The van der Waals surface area contributed by atoms with Crippen LogP contribution in [0.1, 0.15) is 91.4 Å². The molecule has 9 heteroatoms. The maximum Gasteiger partial charge on any atom is 0.309 e. The van der Waals surface area contributed by atoms with E-state index in [2.05, 4.69) is 20.8 Å². The number of aliphatic hydroxyl groups is 4. The first-order chi connectivity index (χ1) is 19.3. The van der Waals surface area contributed by atoms with Gasteiger partial charge in [-0.1, -0.05) is 20.8 Å². The van der Waals surface area contributed by atoms with Gasteiger partial charge in [0.2, 0.25) is 0 Å². The Kier molecular flexibility index (Phi) is 8.88. The van der Waals surface area contributed by atoms with E-state index in [0.29, 0.717) is 30.1 Å². The highest BCUT2D eigenvalue weighted by molar-refractivity contribution is 5.71. The van der Waals surface area contributed by atoms with Crippen molar-refractivity contribution < 1.29 is 44.6 Å². The van der Waals surface area contributed by atoms with Crippen LogP contribution in [0.15, 0.2) is 0 Å². The van der Waals surface area contributed by atoms with Crippen LogP contribution in [0.25, 0.3) is 0 Å². The van der Waals surface area contributed by atoms with Crippen molar-refractivity contribution in [1.29, 1.82) is 0 Å². The molecule has 0 saturated heterocycles. The van der Waals surface area contributed by atoms with Crippen molar-refractivity contribution in [1.82, 2.24) is 0 Å². The lowest BCUT2D eigenvalue weighted by Crippen LogP contribution is -2.60. The molecule has 0 aromatic rings. The Balaban J connectivity index is 1.26. The van der Waals surface area contributed by atoms with Crippen LogP contribution >= 0.6 is 0 Å². The van der Waals surface area contributed by atoms with Crippen molar-refractivity contribution in [3.05, 3.63) is 0 Å². The van der Waals surface area contributed by atoms with Gasteiger partial charge in [0.15, 0.2) is 0 Å². The standard InChI is InChI=1S/C32H52O9/c1-16(5-8-25(34)40-4)20-6-7-21-26-22(10-12-32(20,21)3)31(2)11-9-18(13-17(31)14-23(26)33)41-24-15-19(30(38)39)27(35)29(37)28(24)36/h16-24,26-29,33,35-37H,5-15H2,1-4H3,(H,38,39)/t16-,17?,18-,19-,20?,21?,22?,23-,24-,26?,27-,28-,29-,31+,32-/m1/s1. The molecule has 234 valence electrons. The van der Waals surface area contributed by atoms with Crippen molar-refractivity contribution in [2.75, 3.05) is 7.11 Å². The third-order valence-electron chi connectivity index (χ3n) is 13.1. The lowest BCUT2D eigenvalue weighted by Gasteiger charge is -2.62. The van der Waals surface area contributed by atoms with Crippen molar-refractivity contribution in [2.45, 2.75) is 128 Å². The van der Waals surface area contributed by atoms with E-state index in [1.807, 2.05) is 0 Å². The minimum absolute atomic E-state index is 0.0417. The molecule has 5 unspecified atom stereocenters. The summed E-state index contributed by atoms with van der Waals surface area (Å²) >= 11 is 0. The van der Waals surface area contributed by atoms with E-state index in [1.165, 1.54) is 7.11 Å². The van der Waals surface area contributed by atoms with Gasteiger partial charge in [-0.3, -0.25) is 9.59 Å². The van der Waals surface area contributed by atoms with Crippen LogP contribution in [-0.4, -0.2) is 81.2 Å². The van der Waals surface area contributed by atoms with Gasteiger partial charge in [0.1, 0.15) is 12.2 Å². The van der Waals surface area contributed by atoms with Crippen molar-refractivity contribution in [3.63, 3.8) is 0 Å². The number of esters is 1. The highest BCUT2D eigenvalue weighted by atomic mass is 16.5. The molecule has 5 saturated carbocycles. The van der Waals surface area contributed by atoms with E-state index in [4.69, 9.17) is 9.47 Å². The van der Waals surface area contributed by atoms with Crippen molar-refractivity contribution >= 4 is 11.9 Å². The molecule has 5 aliphatic rings. The number of ether oxygens (including phenoxy) is 2. The number of carbonyl (C=O) groups excluding carboxylic acids is 1. The van der Waals surface area contributed by atoms with E-state index >= 15 is 0 Å². The summed E-state index contributed by atoms with van der Waals surface area (Å²) in [5.74, 6) is -0.0819. The number of aliphatic hydroxyl groups excluding tert-OH is 4. The number of rotatable bonds is 7. The normalized spacial score (nSPS) is 50.2. The molecule has 5 aliphatic carbocycles. The molecule has 0 radical (unpaired) electrons. The van der Waals surface area contributed by atoms with Gasteiger partial charge in [0.05, 0.1) is 37.4 Å². The summed E-state index contributed by atoms with van der Waals surface area (Å²) in [6, 6.07) is 0. The monoisotopic (exact) mass is 580 g/mol. The lowest BCUT2D eigenvalue weighted by atomic mass is 9.43. The van der Waals surface area contributed by atoms with Crippen LogP contribution in [0.5, 0.6) is 0 Å². The molecule has 0 heterocycles. The highest BCUT2D eigenvalue weighted by Crippen LogP contribution is 2.68. The number of aliphatic carboxylic acids is 1. The number of hydrogen-bond acceptors (Lipinski definition) is 8. The van der Waals surface area contributed by atoms with Crippen molar-refractivity contribution in [2.24, 2.45) is 52.3 Å². The maximum atomic E-state index is 11.8. The first-order valence-electron chi connectivity index (χ1n) is 16.0. The fraction of sp³-hybridized carbons (Fsp3) is 0.938. The summed E-state index contributed by atoms with van der Waals surface area (Å²) in [5, 5.41) is 52.2. The molecular weight excluding hydrogens is 528 g/mol. The Morgan fingerprint density at radius 3 is 2.24 bits per heavy atom. The molecule has 5 N–H and O–H groups in total. The summed E-state index contributed by atoms with van der Waals surface area (Å²) in [4.78, 5) is 23.4. The van der Waals surface area contributed by atoms with Gasteiger partial charge >= 0.3 is 11.9 Å². The Morgan fingerprint density at radius 1 is 0.878 bits per heavy atom. The molecule has 5 rings (SSSR count). The third kappa shape index (κ3) is 5.36. The zero-order valence-electron chi connectivity index (χ0n) is 25.2. The third-order valence-corrected chi connectivity index (χ3v) is 13.1. The summed E-state index contributed by atoms with van der Waals surface area (Å²) in [7, 11) is 1.45. The van der Waals surface area contributed by atoms with Gasteiger partial charge < -0.3 is 35.0 Å².